The normalized spacial score (nSPS) is 14.6. The highest BCUT2D eigenvalue weighted by Crippen LogP contribution is 2.22. The van der Waals surface area contributed by atoms with Gasteiger partial charge in [-0.3, -0.25) is 4.98 Å². The minimum atomic E-state index is -0.472. The molecule has 2 atom stereocenters. The predicted octanol–water partition coefficient (Wildman–Crippen LogP) is 3.08. The first-order chi connectivity index (χ1) is 8.70. The van der Waals surface area contributed by atoms with Crippen LogP contribution in [0.1, 0.15) is 31.4 Å². The van der Waals surface area contributed by atoms with Crippen LogP contribution in [-0.4, -0.2) is 23.3 Å². The standard InChI is InChI=1S/C15H19NO2/c1-11(18-2)7-8-15(17)13-9-12-5-3-4-6-14(12)16-10-13/h3-6,9-11,15,17H,7-8H2,1-2H3. The van der Waals surface area contributed by atoms with E-state index in [1.165, 1.54) is 0 Å². The van der Waals surface area contributed by atoms with Crippen LogP contribution in [0.15, 0.2) is 36.5 Å². The molecule has 1 aromatic carbocycles. The molecule has 0 aliphatic rings. The number of ether oxygens (including phenoxy) is 1. The predicted molar refractivity (Wildman–Crippen MR) is 72.4 cm³/mol. The van der Waals surface area contributed by atoms with Gasteiger partial charge in [-0.15, -0.1) is 0 Å². The second kappa shape index (κ2) is 5.94. The average Bonchev–Trinajstić information content (AvgIpc) is 2.43. The number of hydrogen-bond acceptors (Lipinski definition) is 3. The van der Waals surface area contributed by atoms with E-state index in [9.17, 15) is 5.11 Å². The summed E-state index contributed by atoms with van der Waals surface area (Å²) in [6.07, 6.45) is 2.98. The number of nitrogens with zero attached hydrogens (tertiary/aromatic N) is 1. The van der Waals surface area contributed by atoms with Gasteiger partial charge in [0, 0.05) is 18.7 Å². The first kappa shape index (κ1) is 13.0. The van der Waals surface area contributed by atoms with Crippen molar-refractivity contribution >= 4 is 10.9 Å². The van der Waals surface area contributed by atoms with Gasteiger partial charge in [0.2, 0.25) is 0 Å². The number of benzene rings is 1. The minimum Gasteiger partial charge on any atom is -0.388 e. The van der Waals surface area contributed by atoms with Crippen molar-refractivity contribution in [2.24, 2.45) is 0 Å². The van der Waals surface area contributed by atoms with Gasteiger partial charge in [-0.1, -0.05) is 18.2 Å². The lowest BCUT2D eigenvalue weighted by molar-refractivity contribution is 0.0850. The largest absolute Gasteiger partial charge is 0.388 e. The third kappa shape index (κ3) is 3.06. The van der Waals surface area contributed by atoms with Gasteiger partial charge in [0.1, 0.15) is 0 Å². The average molecular weight is 245 g/mol. The highest BCUT2D eigenvalue weighted by Gasteiger charge is 2.10. The zero-order valence-electron chi connectivity index (χ0n) is 10.8. The Morgan fingerprint density at radius 3 is 2.83 bits per heavy atom. The smallest absolute Gasteiger partial charge is 0.0806 e. The molecule has 96 valence electrons. The van der Waals surface area contributed by atoms with Crippen molar-refractivity contribution in [2.45, 2.75) is 32.0 Å². The van der Waals surface area contributed by atoms with Gasteiger partial charge in [-0.05, 0) is 37.5 Å². The monoisotopic (exact) mass is 245 g/mol. The molecular weight excluding hydrogens is 226 g/mol. The van der Waals surface area contributed by atoms with Gasteiger partial charge in [0.05, 0.1) is 17.7 Å². The topological polar surface area (TPSA) is 42.4 Å². The van der Waals surface area contributed by atoms with Gasteiger partial charge in [-0.25, -0.2) is 0 Å². The summed E-state index contributed by atoms with van der Waals surface area (Å²) in [5, 5.41) is 11.2. The van der Waals surface area contributed by atoms with E-state index >= 15 is 0 Å². The van der Waals surface area contributed by atoms with E-state index in [0.29, 0.717) is 6.42 Å². The Morgan fingerprint density at radius 2 is 2.06 bits per heavy atom. The van der Waals surface area contributed by atoms with E-state index in [-0.39, 0.29) is 6.10 Å². The Bertz CT molecular complexity index is 513. The molecule has 0 amide bonds. The van der Waals surface area contributed by atoms with Crippen molar-refractivity contribution < 1.29 is 9.84 Å². The minimum absolute atomic E-state index is 0.174. The van der Waals surface area contributed by atoms with Crippen LogP contribution in [0, 0.1) is 0 Å². The Balaban J connectivity index is 2.10. The van der Waals surface area contributed by atoms with Crippen LogP contribution in [0.25, 0.3) is 10.9 Å². The van der Waals surface area contributed by atoms with Crippen LogP contribution in [0.3, 0.4) is 0 Å². The molecule has 0 saturated heterocycles. The van der Waals surface area contributed by atoms with Crippen LogP contribution in [-0.2, 0) is 4.74 Å². The third-order valence-corrected chi connectivity index (χ3v) is 3.25. The molecule has 18 heavy (non-hydrogen) atoms. The second-order valence-electron chi connectivity index (χ2n) is 4.60. The molecule has 0 fully saturated rings. The molecule has 0 aliphatic heterocycles. The van der Waals surface area contributed by atoms with Crippen molar-refractivity contribution in [3.05, 3.63) is 42.1 Å². The zero-order chi connectivity index (χ0) is 13.0. The fourth-order valence-electron chi connectivity index (χ4n) is 1.95. The molecule has 0 spiro atoms. The summed E-state index contributed by atoms with van der Waals surface area (Å²) in [6, 6.07) is 9.93. The molecule has 2 rings (SSSR count). The van der Waals surface area contributed by atoms with E-state index in [4.69, 9.17) is 4.74 Å². The molecule has 0 radical (unpaired) electrons. The lowest BCUT2D eigenvalue weighted by Crippen LogP contribution is -2.08. The second-order valence-corrected chi connectivity index (χ2v) is 4.60. The Labute approximate surface area is 107 Å². The third-order valence-electron chi connectivity index (χ3n) is 3.25. The summed E-state index contributed by atoms with van der Waals surface area (Å²) < 4.78 is 5.18. The van der Waals surface area contributed by atoms with Gasteiger partial charge in [0.25, 0.3) is 0 Å². The molecule has 3 heteroatoms. The van der Waals surface area contributed by atoms with Crippen LogP contribution in [0.4, 0.5) is 0 Å². The summed E-state index contributed by atoms with van der Waals surface area (Å²) in [4.78, 5) is 4.36. The van der Waals surface area contributed by atoms with Gasteiger partial charge in [-0.2, -0.15) is 0 Å². The quantitative estimate of drug-likeness (QED) is 0.880. The number of methoxy groups -OCH3 is 1. The summed E-state index contributed by atoms with van der Waals surface area (Å²) in [6.45, 7) is 2.01. The van der Waals surface area contributed by atoms with E-state index in [1.807, 2.05) is 37.3 Å². The maximum absolute atomic E-state index is 10.1. The van der Waals surface area contributed by atoms with Crippen molar-refractivity contribution in [1.29, 1.82) is 0 Å². The maximum atomic E-state index is 10.1. The SMILES string of the molecule is COC(C)CCC(O)c1cnc2ccccc2c1. The van der Waals surface area contributed by atoms with Crippen molar-refractivity contribution in [3.8, 4) is 0 Å². The molecule has 0 aliphatic carbocycles. The summed E-state index contributed by atoms with van der Waals surface area (Å²) in [5.41, 5.74) is 1.83. The Morgan fingerprint density at radius 1 is 1.28 bits per heavy atom. The molecular formula is C15H19NO2. The number of fused-ring (bicyclic) bond motifs is 1. The number of pyridine rings is 1. The Hall–Kier alpha value is -1.45. The van der Waals surface area contributed by atoms with E-state index < -0.39 is 6.10 Å². The first-order valence-corrected chi connectivity index (χ1v) is 6.26. The molecule has 1 aromatic heterocycles. The number of hydrogen-bond donors (Lipinski definition) is 1. The number of para-hydroxylation sites is 1. The zero-order valence-corrected chi connectivity index (χ0v) is 10.8. The first-order valence-electron chi connectivity index (χ1n) is 6.26. The van der Waals surface area contributed by atoms with Crippen molar-refractivity contribution in [3.63, 3.8) is 0 Å². The molecule has 1 heterocycles. The fourth-order valence-corrected chi connectivity index (χ4v) is 1.95. The molecule has 3 nitrogen and oxygen atoms in total. The van der Waals surface area contributed by atoms with Gasteiger partial charge < -0.3 is 9.84 Å². The highest BCUT2D eigenvalue weighted by molar-refractivity contribution is 5.78. The lowest BCUT2D eigenvalue weighted by Gasteiger charge is -2.14. The van der Waals surface area contributed by atoms with E-state index in [0.717, 1.165) is 22.9 Å². The lowest BCUT2D eigenvalue weighted by atomic mass is 10.0. The summed E-state index contributed by atoms with van der Waals surface area (Å²) in [5.74, 6) is 0. The molecule has 0 saturated carbocycles. The van der Waals surface area contributed by atoms with Crippen LogP contribution >= 0.6 is 0 Å². The van der Waals surface area contributed by atoms with E-state index in [1.54, 1.807) is 13.3 Å². The van der Waals surface area contributed by atoms with Crippen LogP contribution < -0.4 is 0 Å². The van der Waals surface area contributed by atoms with Gasteiger partial charge >= 0.3 is 0 Å². The van der Waals surface area contributed by atoms with Crippen LogP contribution in [0.2, 0.25) is 0 Å². The number of rotatable bonds is 5. The van der Waals surface area contributed by atoms with Crippen LogP contribution in [0.5, 0.6) is 0 Å². The number of aliphatic hydroxyl groups excluding tert-OH is 1. The molecule has 2 unspecified atom stereocenters. The van der Waals surface area contributed by atoms with Crippen molar-refractivity contribution in [1.82, 2.24) is 4.98 Å². The van der Waals surface area contributed by atoms with Gasteiger partial charge in [0.15, 0.2) is 0 Å². The summed E-state index contributed by atoms with van der Waals surface area (Å²) >= 11 is 0. The van der Waals surface area contributed by atoms with E-state index in [2.05, 4.69) is 4.98 Å². The number of aliphatic hydroxyl groups is 1. The fraction of sp³-hybridized carbons (Fsp3) is 0.400. The maximum Gasteiger partial charge on any atom is 0.0806 e. The number of aromatic nitrogens is 1. The molecule has 0 bridgehead atoms. The Kier molecular flexibility index (Phi) is 4.28. The highest BCUT2D eigenvalue weighted by atomic mass is 16.5. The molecule has 1 N–H and O–H groups in total. The summed E-state index contributed by atoms with van der Waals surface area (Å²) in [7, 11) is 1.69. The van der Waals surface area contributed by atoms with Crippen molar-refractivity contribution in [2.75, 3.05) is 7.11 Å². The molecule has 2 aromatic rings.